The third-order valence-electron chi connectivity index (χ3n) is 4.57. The Hall–Kier alpha value is -3.30. The van der Waals surface area contributed by atoms with Crippen LogP contribution in [-0.2, 0) is 9.53 Å². The number of hydrogen-bond acceptors (Lipinski definition) is 5. The summed E-state index contributed by atoms with van der Waals surface area (Å²) < 4.78 is 18.6. The first-order valence-electron chi connectivity index (χ1n) is 10.1. The van der Waals surface area contributed by atoms with Gasteiger partial charge in [0.05, 0.1) is 19.8 Å². The minimum absolute atomic E-state index is 0.221. The van der Waals surface area contributed by atoms with Crippen LogP contribution >= 0.6 is 0 Å². The second-order valence-electron chi connectivity index (χ2n) is 7.03. The lowest BCUT2D eigenvalue weighted by Crippen LogP contribution is -2.39. The van der Waals surface area contributed by atoms with Crippen molar-refractivity contribution in [1.82, 2.24) is 10.2 Å². The molecule has 0 radical (unpaired) electrons. The van der Waals surface area contributed by atoms with E-state index < -0.39 is 0 Å². The number of nitrogens with one attached hydrogen (secondary N) is 3. The number of hydrogen-bond donors (Lipinski definition) is 3. The van der Waals surface area contributed by atoms with Crippen molar-refractivity contribution >= 4 is 29.1 Å². The van der Waals surface area contributed by atoms with Crippen molar-refractivity contribution in [2.24, 2.45) is 4.99 Å². The van der Waals surface area contributed by atoms with Gasteiger partial charge in [-0.3, -0.25) is 24.8 Å². The SMILES string of the molecule is CC(=O)Nc1cccc(C(=O)NC(=NCCN2CCOCC2)Nc2ccc(F)cc2)c1. The molecule has 2 aromatic rings. The third kappa shape index (κ3) is 7.47. The Balaban J connectivity index is 1.69. The summed E-state index contributed by atoms with van der Waals surface area (Å²) in [5, 5.41) is 8.45. The van der Waals surface area contributed by atoms with Gasteiger partial charge in [-0.25, -0.2) is 4.39 Å². The van der Waals surface area contributed by atoms with Crippen molar-refractivity contribution in [1.29, 1.82) is 0 Å². The number of carbonyl (C=O) groups excluding carboxylic acids is 2. The summed E-state index contributed by atoms with van der Waals surface area (Å²) in [5.41, 5.74) is 1.49. The summed E-state index contributed by atoms with van der Waals surface area (Å²) in [6.45, 7) is 5.69. The van der Waals surface area contributed by atoms with Crippen molar-refractivity contribution in [3.8, 4) is 0 Å². The van der Waals surface area contributed by atoms with Gasteiger partial charge in [0, 0.05) is 43.5 Å². The molecule has 0 bridgehead atoms. The minimum Gasteiger partial charge on any atom is -0.379 e. The third-order valence-corrected chi connectivity index (χ3v) is 4.57. The van der Waals surface area contributed by atoms with Gasteiger partial charge in [0.2, 0.25) is 11.9 Å². The number of halogens is 1. The molecule has 9 heteroatoms. The van der Waals surface area contributed by atoms with Crippen LogP contribution in [0.15, 0.2) is 53.5 Å². The van der Waals surface area contributed by atoms with Gasteiger partial charge in [-0.05, 0) is 42.5 Å². The molecule has 31 heavy (non-hydrogen) atoms. The lowest BCUT2D eigenvalue weighted by Gasteiger charge is -2.25. The molecule has 3 rings (SSSR count). The Morgan fingerprint density at radius 1 is 1.06 bits per heavy atom. The molecule has 1 heterocycles. The molecular weight excluding hydrogens is 401 g/mol. The Morgan fingerprint density at radius 2 is 1.81 bits per heavy atom. The van der Waals surface area contributed by atoms with E-state index >= 15 is 0 Å². The fourth-order valence-corrected chi connectivity index (χ4v) is 3.03. The molecule has 1 saturated heterocycles. The maximum atomic E-state index is 13.2. The average molecular weight is 427 g/mol. The van der Waals surface area contributed by atoms with Crippen molar-refractivity contribution in [3.05, 3.63) is 59.9 Å². The number of rotatable bonds is 6. The molecule has 0 atom stereocenters. The van der Waals surface area contributed by atoms with Crippen LogP contribution in [0.3, 0.4) is 0 Å². The monoisotopic (exact) mass is 427 g/mol. The Kier molecular flexibility index (Phi) is 8.08. The van der Waals surface area contributed by atoms with E-state index in [1.807, 2.05) is 0 Å². The molecule has 1 fully saturated rings. The van der Waals surface area contributed by atoms with Gasteiger partial charge in [0.1, 0.15) is 5.82 Å². The maximum absolute atomic E-state index is 13.2. The largest absolute Gasteiger partial charge is 0.379 e. The molecule has 3 N–H and O–H groups in total. The molecular formula is C22H26FN5O3. The molecule has 0 aliphatic carbocycles. The van der Waals surface area contributed by atoms with Crippen LogP contribution in [-0.4, -0.2) is 62.1 Å². The van der Waals surface area contributed by atoms with Crippen LogP contribution in [0, 0.1) is 5.82 Å². The van der Waals surface area contributed by atoms with E-state index in [0.29, 0.717) is 36.7 Å². The number of morpholine rings is 1. The van der Waals surface area contributed by atoms with Crippen LogP contribution in [0.1, 0.15) is 17.3 Å². The Morgan fingerprint density at radius 3 is 2.52 bits per heavy atom. The first-order chi connectivity index (χ1) is 15.0. The number of guanidine groups is 1. The number of anilines is 2. The summed E-state index contributed by atoms with van der Waals surface area (Å²) in [6, 6.07) is 12.4. The Labute approximate surface area is 180 Å². The van der Waals surface area contributed by atoms with E-state index in [-0.39, 0.29) is 23.6 Å². The van der Waals surface area contributed by atoms with Crippen molar-refractivity contribution in [2.45, 2.75) is 6.92 Å². The highest BCUT2D eigenvalue weighted by molar-refractivity contribution is 6.10. The first kappa shape index (κ1) is 22.4. The zero-order chi connectivity index (χ0) is 22.1. The predicted molar refractivity (Wildman–Crippen MR) is 118 cm³/mol. The van der Waals surface area contributed by atoms with Gasteiger partial charge >= 0.3 is 0 Å². The molecule has 8 nitrogen and oxygen atoms in total. The Bertz CT molecular complexity index is 927. The molecule has 0 saturated carbocycles. The smallest absolute Gasteiger partial charge is 0.258 e. The highest BCUT2D eigenvalue weighted by Gasteiger charge is 2.12. The topological polar surface area (TPSA) is 95.1 Å². The number of carbonyl (C=O) groups is 2. The summed E-state index contributed by atoms with van der Waals surface area (Å²) >= 11 is 0. The summed E-state index contributed by atoms with van der Waals surface area (Å²) in [5.74, 6) is -0.696. The average Bonchev–Trinajstić information content (AvgIpc) is 2.76. The van der Waals surface area contributed by atoms with E-state index in [9.17, 15) is 14.0 Å². The lowest BCUT2D eigenvalue weighted by atomic mass is 10.2. The van der Waals surface area contributed by atoms with E-state index in [0.717, 1.165) is 19.6 Å². The zero-order valence-corrected chi connectivity index (χ0v) is 17.4. The molecule has 164 valence electrons. The predicted octanol–water partition coefficient (Wildman–Crippen LogP) is 2.31. The molecule has 0 aromatic heterocycles. The molecule has 1 aliphatic rings. The molecule has 2 amide bonds. The molecule has 1 aliphatic heterocycles. The van der Waals surface area contributed by atoms with Crippen molar-refractivity contribution in [2.75, 3.05) is 50.0 Å². The standard InChI is InChI=1S/C22H26FN5O3/c1-16(29)25-20-4-2-3-17(15-20)21(30)27-22(26-19-7-5-18(23)6-8-19)24-9-10-28-11-13-31-14-12-28/h2-8,15H,9-14H2,1H3,(H,25,29)(H2,24,26,27,30). The van der Waals surface area contributed by atoms with Crippen LogP contribution in [0.25, 0.3) is 0 Å². The van der Waals surface area contributed by atoms with E-state index in [1.165, 1.54) is 19.1 Å². The van der Waals surface area contributed by atoms with Crippen molar-refractivity contribution < 1.29 is 18.7 Å². The fraction of sp³-hybridized carbons (Fsp3) is 0.318. The van der Waals surface area contributed by atoms with Gasteiger partial charge in [0.15, 0.2) is 0 Å². The van der Waals surface area contributed by atoms with Crippen LogP contribution in [0.4, 0.5) is 15.8 Å². The van der Waals surface area contributed by atoms with Gasteiger partial charge in [0.25, 0.3) is 5.91 Å². The van der Waals surface area contributed by atoms with E-state index in [1.54, 1.807) is 36.4 Å². The molecule has 0 spiro atoms. The highest BCUT2D eigenvalue weighted by atomic mass is 19.1. The quantitative estimate of drug-likeness (QED) is 0.486. The number of aliphatic imine (C=N–C) groups is 1. The van der Waals surface area contributed by atoms with Crippen LogP contribution in [0.5, 0.6) is 0 Å². The number of nitrogens with zero attached hydrogens (tertiary/aromatic N) is 2. The number of benzene rings is 2. The van der Waals surface area contributed by atoms with Gasteiger partial charge in [-0.15, -0.1) is 0 Å². The first-order valence-corrected chi connectivity index (χ1v) is 10.1. The summed E-state index contributed by atoms with van der Waals surface area (Å²) in [4.78, 5) is 30.8. The zero-order valence-electron chi connectivity index (χ0n) is 17.4. The minimum atomic E-state index is -0.382. The fourth-order valence-electron chi connectivity index (χ4n) is 3.03. The van der Waals surface area contributed by atoms with Gasteiger partial charge < -0.3 is 15.4 Å². The van der Waals surface area contributed by atoms with Gasteiger partial charge in [-0.2, -0.15) is 0 Å². The second kappa shape index (κ2) is 11.2. The molecule has 2 aromatic carbocycles. The maximum Gasteiger partial charge on any atom is 0.258 e. The summed E-state index contributed by atoms with van der Waals surface area (Å²) in [6.07, 6.45) is 0. The second-order valence-corrected chi connectivity index (χ2v) is 7.03. The van der Waals surface area contributed by atoms with Crippen molar-refractivity contribution in [3.63, 3.8) is 0 Å². The lowest BCUT2D eigenvalue weighted by molar-refractivity contribution is -0.114. The molecule has 0 unspecified atom stereocenters. The van der Waals surface area contributed by atoms with E-state index in [2.05, 4.69) is 25.8 Å². The number of ether oxygens (including phenoxy) is 1. The van der Waals surface area contributed by atoms with Crippen LogP contribution in [0.2, 0.25) is 0 Å². The van der Waals surface area contributed by atoms with Gasteiger partial charge in [-0.1, -0.05) is 6.07 Å². The normalized spacial score (nSPS) is 14.7. The number of amides is 2. The highest BCUT2D eigenvalue weighted by Crippen LogP contribution is 2.11. The summed E-state index contributed by atoms with van der Waals surface area (Å²) in [7, 11) is 0. The van der Waals surface area contributed by atoms with E-state index in [4.69, 9.17) is 4.74 Å². The van der Waals surface area contributed by atoms with Crippen LogP contribution < -0.4 is 16.0 Å².